The molecule has 2 fully saturated rings. The van der Waals surface area contributed by atoms with Crippen molar-refractivity contribution in [2.75, 3.05) is 38.2 Å². The van der Waals surface area contributed by atoms with Crippen LogP contribution in [0.5, 0.6) is 5.75 Å². The number of nitrogens with zero attached hydrogens (tertiary/aromatic N) is 6. The average molecular weight is 451 g/mol. The van der Waals surface area contributed by atoms with Gasteiger partial charge in [0.1, 0.15) is 17.6 Å². The van der Waals surface area contributed by atoms with E-state index in [4.69, 9.17) is 4.74 Å². The van der Waals surface area contributed by atoms with Gasteiger partial charge in [0.15, 0.2) is 5.82 Å². The number of piperazine rings is 1. The van der Waals surface area contributed by atoms with Crippen molar-refractivity contribution in [2.24, 2.45) is 0 Å². The van der Waals surface area contributed by atoms with Gasteiger partial charge in [-0.25, -0.2) is 9.07 Å². The molecule has 8 heteroatoms. The van der Waals surface area contributed by atoms with Gasteiger partial charge in [0.2, 0.25) is 0 Å². The Kier molecular flexibility index (Phi) is 6.53. The summed E-state index contributed by atoms with van der Waals surface area (Å²) >= 11 is 0. The number of aromatic nitrogens is 4. The molecule has 33 heavy (non-hydrogen) atoms. The van der Waals surface area contributed by atoms with Gasteiger partial charge in [-0.15, -0.1) is 5.10 Å². The smallest absolute Gasteiger partial charge is 0.173 e. The van der Waals surface area contributed by atoms with Crippen molar-refractivity contribution < 1.29 is 9.13 Å². The predicted molar refractivity (Wildman–Crippen MR) is 125 cm³/mol. The zero-order chi connectivity index (χ0) is 22.6. The molecule has 0 amide bonds. The molecule has 5 rings (SSSR count). The number of halogens is 1. The van der Waals surface area contributed by atoms with Crippen LogP contribution in [0.25, 0.3) is 0 Å². The molecule has 2 heterocycles. The van der Waals surface area contributed by atoms with Crippen LogP contribution in [0.15, 0.2) is 48.5 Å². The van der Waals surface area contributed by atoms with E-state index in [2.05, 4.69) is 36.1 Å². The third-order valence-corrected chi connectivity index (χ3v) is 6.99. The Morgan fingerprint density at radius 1 is 0.939 bits per heavy atom. The highest BCUT2D eigenvalue weighted by Gasteiger charge is 2.34. The Morgan fingerprint density at radius 3 is 2.42 bits per heavy atom. The minimum absolute atomic E-state index is 0.124. The predicted octanol–water partition coefficient (Wildman–Crippen LogP) is 4.24. The van der Waals surface area contributed by atoms with E-state index in [0.717, 1.165) is 56.2 Å². The van der Waals surface area contributed by atoms with Crippen LogP contribution >= 0.6 is 0 Å². The maximum Gasteiger partial charge on any atom is 0.173 e. The molecule has 1 aliphatic carbocycles. The van der Waals surface area contributed by atoms with Crippen LogP contribution in [0.1, 0.15) is 55.6 Å². The molecule has 7 nitrogen and oxygen atoms in total. The number of hydrogen-bond acceptors (Lipinski definition) is 6. The molecule has 1 aromatic heterocycles. The molecule has 3 aromatic rings. The number of methoxy groups -OCH3 is 1. The van der Waals surface area contributed by atoms with Crippen molar-refractivity contribution in [3.8, 4) is 5.75 Å². The molecule has 1 atom stereocenters. The summed E-state index contributed by atoms with van der Waals surface area (Å²) in [5, 5.41) is 13.1. The minimum Gasteiger partial charge on any atom is -0.496 e. The van der Waals surface area contributed by atoms with Crippen LogP contribution in [0.3, 0.4) is 0 Å². The molecular formula is C25H31FN6O. The number of hydrogen-bond donors (Lipinski definition) is 0. The van der Waals surface area contributed by atoms with E-state index in [9.17, 15) is 4.39 Å². The number of tetrazole rings is 1. The Hall–Kier alpha value is -3.00. The van der Waals surface area contributed by atoms with Gasteiger partial charge in [0.25, 0.3) is 0 Å². The van der Waals surface area contributed by atoms with E-state index in [0.29, 0.717) is 11.7 Å². The monoisotopic (exact) mass is 450 g/mol. The maximum atomic E-state index is 14.4. The van der Waals surface area contributed by atoms with Gasteiger partial charge in [-0.1, -0.05) is 49.6 Å². The van der Waals surface area contributed by atoms with Crippen molar-refractivity contribution in [3.63, 3.8) is 0 Å². The normalized spacial score (nSPS) is 18.9. The van der Waals surface area contributed by atoms with Crippen LogP contribution in [0.4, 0.5) is 10.1 Å². The van der Waals surface area contributed by atoms with Crippen molar-refractivity contribution >= 4 is 5.69 Å². The zero-order valence-corrected chi connectivity index (χ0v) is 19.1. The lowest BCUT2D eigenvalue weighted by Gasteiger charge is -2.40. The fourth-order valence-corrected chi connectivity index (χ4v) is 5.29. The van der Waals surface area contributed by atoms with Gasteiger partial charge < -0.3 is 9.64 Å². The van der Waals surface area contributed by atoms with Crippen molar-refractivity contribution in [2.45, 2.75) is 44.2 Å². The standard InChI is InChI=1S/C25H31FN6O/c1-33-23-14-8-5-11-20(23)24(25-27-28-29-32(25)19-9-3-2-4-10-19)31-17-15-30(16-18-31)22-13-7-6-12-21(22)26/h5-8,11-14,19,24H,2-4,9-10,15-18H2,1H3/t24-/m0/s1. The molecule has 174 valence electrons. The molecule has 0 spiro atoms. The first-order valence-electron chi connectivity index (χ1n) is 11.9. The van der Waals surface area contributed by atoms with Crippen LogP contribution in [0.2, 0.25) is 0 Å². The molecule has 2 aliphatic rings. The third-order valence-electron chi connectivity index (χ3n) is 6.99. The molecular weight excluding hydrogens is 419 g/mol. The minimum atomic E-state index is -0.173. The highest BCUT2D eigenvalue weighted by Crippen LogP contribution is 2.37. The summed E-state index contributed by atoms with van der Waals surface area (Å²) in [6.45, 7) is 3.01. The maximum absolute atomic E-state index is 14.4. The fraction of sp³-hybridized carbons (Fsp3) is 0.480. The fourth-order valence-electron chi connectivity index (χ4n) is 5.29. The van der Waals surface area contributed by atoms with E-state index in [-0.39, 0.29) is 11.9 Å². The second kappa shape index (κ2) is 9.87. The summed E-state index contributed by atoms with van der Waals surface area (Å²) < 4.78 is 22.2. The molecule has 1 saturated carbocycles. The van der Waals surface area contributed by atoms with Gasteiger partial charge in [-0.05, 0) is 41.5 Å². The lowest BCUT2D eigenvalue weighted by atomic mass is 9.95. The molecule has 2 aromatic carbocycles. The third kappa shape index (κ3) is 4.44. The molecule has 0 radical (unpaired) electrons. The van der Waals surface area contributed by atoms with Crippen molar-refractivity contribution in [3.05, 3.63) is 65.7 Å². The first-order valence-corrected chi connectivity index (χ1v) is 11.9. The second-order valence-corrected chi connectivity index (χ2v) is 8.89. The number of para-hydroxylation sites is 2. The van der Waals surface area contributed by atoms with E-state index in [1.165, 1.54) is 25.3 Å². The largest absolute Gasteiger partial charge is 0.496 e. The van der Waals surface area contributed by atoms with E-state index < -0.39 is 0 Å². The number of anilines is 1. The Bertz CT molecular complexity index is 1060. The highest BCUT2D eigenvalue weighted by molar-refractivity contribution is 5.48. The summed E-state index contributed by atoms with van der Waals surface area (Å²) in [7, 11) is 1.70. The summed E-state index contributed by atoms with van der Waals surface area (Å²) in [6.07, 6.45) is 5.92. The van der Waals surface area contributed by atoms with Crippen molar-refractivity contribution in [1.82, 2.24) is 25.1 Å². The second-order valence-electron chi connectivity index (χ2n) is 8.89. The first-order chi connectivity index (χ1) is 16.3. The van der Waals surface area contributed by atoms with Crippen LogP contribution < -0.4 is 9.64 Å². The SMILES string of the molecule is COc1ccccc1[C@@H](c1nnnn1C1CCCCC1)N1CCN(c2ccccc2F)CC1. The van der Waals surface area contributed by atoms with Gasteiger partial charge >= 0.3 is 0 Å². The van der Waals surface area contributed by atoms with E-state index in [1.807, 2.05) is 30.3 Å². The molecule has 0 N–H and O–H groups in total. The Labute approximate surface area is 194 Å². The summed E-state index contributed by atoms with van der Waals surface area (Å²) in [6, 6.07) is 15.3. The lowest BCUT2D eigenvalue weighted by Crippen LogP contribution is -2.48. The highest BCUT2D eigenvalue weighted by atomic mass is 19.1. The topological polar surface area (TPSA) is 59.3 Å². The number of rotatable bonds is 6. The van der Waals surface area contributed by atoms with Crippen molar-refractivity contribution in [1.29, 1.82) is 0 Å². The van der Waals surface area contributed by atoms with Crippen LogP contribution in [0, 0.1) is 5.82 Å². The Balaban J connectivity index is 1.46. The molecule has 1 aliphatic heterocycles. The molecule has 0 bridgehead atoms. The quantitative estimate of drug-likeness (QED) is 0.560. The lowest BCUT2D eigenvalue weighted by molar-refractivity contribution is 0.190. The number of benzene rings is 2. The summed E-state index contributed by atoms with van der Waals surface area (Å²) in [4.78, 5) is 4.52. The number of ether oxygens (including phenoxy) is 1. The zero-order valence-electron chi connectivity index (χ0n) is 19.1. The van der Waals surface area contributed by atoms with Gasteiger partial charge in [0.05, 0.1) is 18.8 Å². The summed E-state index contributed by atoms with van der Waals surface area (Å²) in [5.41, 5.74) is 1.73. The first kappa shape index (κ1) is 21.8. The molecule has 0 unspecified atom stereocenters. The van der Waals surface area contributed by atoms with Gasteiger partial charge in [-0.3, -0.25) is 4.90 Å². The van der Waals surface area contributed by atoms with Gasteiger partial charge in [0, 0.05) is 31.7 Å². The average Bonchev–Trinajstić information content (AvgIpc) is 3.35. The van der Waals surface area contributed by atoms with E-state index >= 15 is 0 Å². The van der Waals surface area contributed by atoms with Gasteiger partial charge in [-0.2, -0.15) is 0 Å². The Morgan fingerprint density at radius 2 is 1.67 bits per heavy atom. The summed E-state index contributed by atoms with van der Waals surface area (Å²) in [5.74, 6) is 1.52. The van der Waals surface area contributed by atoms with Crippen LogP contribution in [-0.2, 0) is 0 Å². The molecule has 1 saturated heterocycles. The van der Waals surface area contributed by atoms with E-state index in [1.54, 1.807) is 13.2 Å². The van der Waals surface area contributed by atoms with Crippen LogP contribution in [-0.4, -0.2) is 58.4 Å².